The number of benzene rings is 1. The molecule has 1 N–H and O–H groups in total. The average molecular weight is 382 g/mol. The molecule has 0 radical (unpaired) electrons. The van der Waals surface area contributed by atoms with E-state index in [1.54, 1.807) is 4.68 Å². The zero-order valence-electron chi connectivity index (χ0n) is 13.5. The van der Waals surface area contributed by atoms with E-state index in [4.69, 9.17) is 0 Å². The van der Waals surface area contributed by atoms with Crippen LogP contribution in [0.1, 0.15) is 12.5 Å². The van der Waals surface area contributed by atoms with Gasteiger partial charge < -0.3 is 5.32 Å². The van der Waals surface area contributed by atoms with Gasteiger partial charge in [0.2, 0.25) is 5.91 Å². The summed E-state index contributed by atoms with van der Waals surface area (Å²) in [6.07, 6.45) is -3.04. The molecule has 0 saturated carbocycles. The molecule has 0 aliphatic rings. The minimum Gasteiger partial charge on any atom is -0.325 e. The first-order valence-electron chi connectivity index (χ1n) is 7.52. The minimum atomic E-state index is -4.41. The highest BCUT2D eigenvalue weighted by Crippen LogP contribution is 2.30. The number of fused-ring (bicyclic) bond motifs is 1. The fourth-order valence-corrected chi connectivity index (χ4v) is 2.89. The van der Waals surface area contributed by atoms with Gasteiger partial charge in [-0.05, 0) is 31.2 Å². The fourth-order valence-electron chi connectivity index (χ4n) is 2.16. The zero-order chi connectivity index (χ0) is 18.7. The summed E-state index contributed by atoms with van der Waals surface area (Å²) in [5.41, 5.74) is 0.593. The van der Waals surface area contributed by atoms with Crippen molar-refractivity contribution in [2.45, 2.75) is 24.7 Å². The van der Waals surface area contributed by atoms with Gasteiger partial charge in [0.25, 0.3) is 0 Å². The van der Waals surface area contributed by atoms with Crippen molar-refractivity contribution < 1.29 is 18.0 Å². The molecule has 0 saturated heterocycles. The summed E-state index contributed by atoms with van der Waals surface area (Å²) < 4.78 is 39.2. The quantitative estimate of drug-likeness (QED) is 0.539. The first-order valence-corrected chi connectivity index (χ1v) is 8.51. The van der Waals surface area contributed by atoms with Gasteiger partial charge in [-0.3, -0.25) is 4.79 Å². The van der Waals surface area contributed by atoms with Crippen LogP contribution in [-0.4, -0.2) is 36.6 Å². The monoisotopic (exact) mass is 382 g/mol. The predicted molar refractivity (Wildman–Crippen MR) is 89.6 cm³/mol. The van der Waals surface area contributed by atoms with Crippen molar-refractivity contribution in [1.82, 2.24) is 25.0 Å². The van der Waals surface area contributed by atoms with Gasteiger partial charge >= 0.3 is 6.18 Å². The molecule has 136 valence electrons. The highest BCUT2D eigenvalue weighted by Gasteiger charge is 2.30. The molecule has 3 rings (SSSR count). The number of nitrogens with one attached hydrogen (secondary N) is 1. The first kappa shape index (κ1) is 18.1. The van der Waals surface area contributed by atoms with Crippen LogP contribution in [-0.2, 0) is 17.5 Å². The number of hydrogen-bond acceptors (Lipinski definition) is 6. The Morgan fingerprint density at radius 3 is 2.62 bits per heavy atom. The second kappa shape index (κ2) is 7.28. The lowest BCUT2D eigenvalue weighted by Gasteiger charge is -2.08. The number of carbonyl (C=O) groups is 1. The van der Waals surface area contributed by atoms with Crippen LogP contribution in [0.25, 0.3) is 11.2 Å². The van der Waals surface area contributed by atoms with Gasteiger partial charge in [-0.15, -0.1) is 5.10 Å². The molecule has 1 amide bonds. The van der Waals surface area contributed by atoms with E-state index in [1.165, 1.54) is 18.5 Å². The number of hydrogen-bond donors (Lipinski definition) is 1. The van der Waals surface area contributed by atoms with E-state index in [0.29, 0.717) is 22.7 Å². The summed E-state index contributed by atoms with van der Waals surface area (Å²) in [4.78, 5) is 20.2. The van der Waals surface area contributed by atoms with E-state index in [-0.39, 0.29) is 17.3 Å². The van der Waals surface area contributed by atoms with E-state index in [2.05, 4.69) is 25.6 Å². The van der Waals surface area contributed by atoms with E-state index >= 15 is 0 Å². The maximum absolute atomic E-state index is 12.5. The Labute approximate surface area is 150 Å². The lowest BCUT2D eigenvalue weighted by atomic mass is 10.2. The Kier molecular flexibility index (Phi) is 5.07. The standard InChI is InChI=1S/C15H13F3N6OS/c1-2-24-13-12(22-23-24)14(20-8-19-13)26-7-11(25)21-10-5-3-9(4-6-10)15(16,17)18/h3-6,8H,2,7H2,1H3,(H,21,25). The van der Waals surface area contributed by atoms with Crippen LogP contribution in [0.3, 0.4) is 0 Å². The number of anilines is 1. The van der Waals surface area contributed by atoms with Gasteiger partial charge in [-0.2, -0.15) is 13.2 Å². The van der Waals surface area contributed by atoms with E-state index in [0.717, 1.165) is 23.9 Å². The van der Waals surface area contributed by atoms with Crippen LogP contribution in [0, 0.1) is 0 Å². The van der Waals surface area contributed by atoms with Crippen molar-refractivity contribution in [3.63, 3.8) is 0 Å². The van der Waals surface area contributed by atoms with Crippen LogP contribution in [0.2, 0.25) is 0 Å². The van der Waals surface area contributed by atoms with Crippen LogP contribution in [0.4, 0.5) is 18.9 Å². The van der Waals surface area contributed by atoms with Gasteiger partial charge in [0, 0.05) is 12.2 Å². The number of alkyl halides is 3. The Morgan fingerprint density at radius 1 is 1.23 bits per heavy atom. The van der Waals surface area contributed by atoms with Gasteiger partial charge in [0.1, 0.15) is 11.4 Å². The molecule has 26 heavy (non-hydrogen) atoms. The lowest BCUT2D eigenvalue weighted by Crippen LogP contribution is -2.14. The smallest absolute Gasteiger partial charge is 0.325 e. The Balaban J connectivity index is 1.63. The number of aromatic nitrogens is 5. The van der Waals surface area contributed by atoms with Gasteiger partial charge in [0.05, 0.1) is 11.3 Å². The summed E-state index contributed by atoms with van der Waals surface area (Å²) in [5, 5.41) is 11.0. The second-order valence-corrected chi connectivity index (χ2v) is 6.13. The van der Waals surface area contributed by atoms with Crippen molar-refractivity contribution in [3.8, 4) is 0 Å². The third-order valence-corrected chi connectivity index (χ3v) is 4.38. The molecule has 0 atom stereocenters. The number of amides is 1. The molecule has 0 fully saturated rings. The highest BCUT2D eigenvalue weighted by molar-refractivity contribution is 8.00. The van der Waals surface area contributed by atoms with E-state index in [9.17, 15) is 18.0 Å². The fraction of sp³-hybridized carbons (Fsp3) is 0.267. The number of thioether (sulfide) groups is 1. The summed E-state index contributed by atoms with van der Waals surface area (Å²) in [5.74, 6) is -0.351. The maximum Gasteiger partial charge on any atom is 0.416 e. The molecule has 1 aromatic carbocycles. The first-order chi connectivity index (χ1) is 12.4. The number of rotatable bonds is 5. The Morgan fingerprint density at radius 2 is 1.96 bits per heavy atom. The van der Waals surface area contributed by atoms with Crippen molar-refractivity contribution in [1.29, 1.82) is 0 Å². The van der Waals surface area contributed by atoms with Crippen LogP contribution >= 0.6 is 11.8 Å². The predicted octanol–water partition coefficient (Wildman–Crippen LogP) is 2.99. The second-order valence-electron chi connectivity index (χ2n) is 5.17. The zero-order valence-corrected chi connectivity index (χ0v) is 14.3. The summed E-state index contributed by atoms with van der Waals surface area (Å²) >= 11 is 1.15. The molecule has 11 heteroatoms. The van der Waals surface area contributed by atoms with E-state index < -0.39 is 11.7 Å². The van der Waals surface area contributed by atoms with Gasteiger partial charge in [0.15, 0.2) is 11.2 Å². The SMILES string of the molecule is CCn1nnc2c(SCC(=O)Nc3ccc(C(F)(F)F)cc3)ncnc21. The van der Waals surface area contributed by atoms with Crippen molar-refractivity contribution >= 4 is 34.5 Å². The normalized spacial score (nSPS) is 11.7. The number of nitrogens with zero attached hydrogens (tertiary/aromatic N) is 5. The molecule has 2 heterocycles. The van der Waals surface area contributed by atoms with Gasteiger partial charge in [-0.1, -0.05) is 17.0 Å². The average Bonchev–Trinajstić information content (AvgIpc) is 3.03. The third-order valence-electron chi connectivity index (χ3n) is 3.40. The van der Waals surface area contributed by atoms with E-state index in [1.807, 2.05) is 6.92 Å². The molecule has 0 aliphatic carbocycles. The molecule has 2 aromatic heterocycles. The third kappa shape index (κ3) is 3.93. The molecular formula is C15H13F3N6OS. The minimum absolute atomic E-state index is 0.0200. The maximum atomic E-state index is 12.5. The highest BCUT2D eigenvalue weighted by atomic mass is 32.2. The number of carbonyl (C=O) groups excluding carboxylic acids is 1. The van der Waals surface area contributed by atoms with Crippen LogP contribution in [0.15, 0.2) is 35.6 Å². The largest absolute Gasteiger partial charge is 0.416 e. The molecule has 0 aliphatic heterocycles. The van der Waals surface area contributed by atoms with Gasteiger partial charge in [-0.25, -0.2) is 14.6 Å². The van der Waals surface area contributed by atoms with Crippen LogP contribution < -0.4 is 5.32 Å². The number of aryl methyl sites for hydroxylation is 1. The molecule has 0 spiro atoms. The molecule has 0 bridgehead atoms. The molecule has 3 aromatic rings. The molecular weight excluding hydrogens is 369 g/mol. The van der Waals surface area contributed by atoms with Crippen molar-refractivity contribution in [3.05, 3.63) is 36.2 Å². The summed E-state index contributed by atoms with van der Waals surface area (Å²) in [6, 6.07) is 4.25. The molecule has 7 nitrogen and oxygen atoms in total. The molecule has 0 unspecified atom stereocenters. The van der Waals surface area contributed by atoms with Crippen molar-refractivity contribution in [2.24, 2.45) is 0 Å². The number of halogens is 3. The topological polar surface area (TPSA) is 85.6 Å². The van der Waals surface area contributed by atoms with Crippen LogP contribution in [0.5, 0.6) is 0 Å². The lowest BCUT2D eigenvalue weighted by molar-refractivity contribution is -0.137. The Bertz CT molecular complexity index is 925. The van der Waals surface area contributed by atoms with Crippen molar-refractivity contribution in [2.75, 3.05) is 11.1 Å². The summed E-state index contributed by atoms with van der Waals surface area (Å²) in [7, 11) is 0. The Hall–Kier alpha value is -2.69. The summed E-state index contributed by atoms with van der Waals surface area (Å²) in [6.45, 7) is 2.51.